The molecule has 0 bridgehead atoms. The molecular formula is C13H19FN4. The van der Waals surface area contributed by atoms with Gasteiger partial charge in [0.2, 0.25) is 0 Å². The van der Waals surface area contributed by atoms with Gasteiger partial charge in [0.15, 0.2) is 5.82 Å². The molecule has 0 aliphatic carbocycles. The van der Waals surface area contributed by atoms with Crippen LogP contribution in [0.1, 0.15) is 19.3 Å². The van der Waals surface area contributed by atoms with Gasteiger partial charge in [0.05, 0.1) is 23.8 Å². The summed E-state index contributed by atoms with van der Waals surface area (Å²) in [7, 11) is 0. The first kappa shape index (κ1) is 11.7. The number of nitrogen functional groups attached to an aromatic ring is 1. The second-order valence-electron chi connectivity index (χ2n) is 5.19. The minimum atomic E-state index is -0.306. The minimum Gasteiger partial charge on any atom is -0.396 e. The monoisotopic (exact) mass is 250 g/mol. The van der Waals surface area contributed by atoms with Gasteiger partial charge in [-0.15, -0.1) is 0 Å². The molecule has 0 amide bonds. The van der Waals surface area contributed by atoms with Crippen LogP contribution in [0.15, 0.2) is 12.4 Å². The smallest absolute Gasteiger partial charge is 0.166 e. The van der Waals surface area contributed by atoms with E-state index in [4.69, 9.17) is 5.73 Å². The second kappa shape index (κ2) is 4.72. The van der Waals surface area contributed by atoms with E-state index < -0.39 is 0 Å². The highest BCUT2D eigenvalue weighted by Crippen LogP contribution is 2.30. The van der Waals surface area contributed by atoms with E-state index in [1.54, 1.807) is 0 Å². The van der Waals surface area contributed by atoms with Crippen LogP contribution < -0.4 is 10.6 Å². The summed E-state index contributed by atoms with van der Waals surface area (Å²) in [5, 5.41) is 0. The van der Waals surface area contributed by atoms with Gasteiger partial charge in [0.25, 0.3) is 0 Å². The van der Waals surface area contributed by atoms with Crippen molar-refractivity contribution >= 4 is 11.4 Å². The van der Waals surface area contributed by atoms with Gasteiger partial charge in [0.1, 0.15) is 0 Å². The number of aromatic nitrogens is 1. The van der Waals surface area contributed by atoms with Gasteiger partial charge in [-0.2, -0.15) is 0 Å². The summed E-state index contributed by atoms with van der Waals surface area (Å²) in [5.41, 5.74) is 6.84. The molecule has 3 heterocycles. The summed E-state index contributed by atoms with van der Waals surface area (Å²) in [4.78, 5) is 8.39. The lowest BCUT2D eigenvalue weighted by atomic mass is 9.99. The molecule has 2 aliphatic heterocycles. The van der Waals surface area contributed by atoms with Crippen molar-refractivity contribution in [2.24, 2.45) is 0 Å². The van der Waals surface area contributed by atoms with Gasteiger partial charge in [-0.1, -0.05) is 6.42 Å². The number of hydrogen-bond donors (Lipinski definition) is 1. The van der Waals surface area contributed by atoms with E-state index in [-0.39, 0.29) is 5.82 Å². The summed E-state index contributed by atoms with van der Waals surface area (Å²) in [6.07, 6.45) is 6.57. The van der Waals surface area contributed by atoms with E-state index in [1.165, 1.54) is 38.2 Å². The lowest BCUT2D eigenvalue weighted by Crippen LogP contribution is -2.55. The highest BCUT2D eigenvalue weighted by atomic mass is 19.1. The molecule has 2 fully saturated rings. The number of anilines is 2. The molecule has 1 atom stereocenters. The highest BCUT2D eigenvalue weighted by molar-refractivity contribution is 5.67. The Labute approximate surface area is 107 Å². The third-order valence-electron chi connectivity index (χ3n) is 4.05. The number of piperazine rings is 1. The third kappa shape index (κ3) is 2.03. The largest absolute Gasteiger partial charge is 0.396 e. The molecule has 4 nitrogen and oxygen atoms in total. The zero-order valence-electron chi connectivity index (χ0n) is 10.5. The summed E-state index contributed by atoms with van der Waals surface area (Å²) >= 11 is 0. The van der Waals surface area contributed by atoms with Crippen LogP contribution in [0.4, 0.5) is 15.8 Å². The van der Waals surface area contributed by atoms with Crippen molar-refractivity contribution in [3.63, 3.8) is 0 Å². The molecule has 2 N–H and O–H groups in total. The molecule has 98 valence electrons. The van der Waals surface area contributed by atoms with Gasteiger partial charge in [0, 0.05) is 25.7 Å². The number of nitrogens with two attached hydrogens (primary N) is 1. The Kier molecular flexibility index (Phi) is 3.07. The van der Waals surface area contributed by atoms with E-state index in [2.05, 4.69) is 14.8 Å². The molecule has 0 unspecified atom stereocenters. The van der Waals surface area contributed by atoms with E-state index in [0.717, 1.165) is 19.6 Å². The number of hydrogen-bond acceptors (Lipinski definition) is 4. The van der Waals surface area contributed by atoms with E-state index in [1.807, 2.05) is 0 Å². The predicted molar refractivity (Wildman–Crippen MR) is 70.0 cm³/mol. The fourth-order valence-electron chi connectivity index (χ4n) is 3.14. The van der Waals surface area contributed by atoms with Crippen LogP contribution in [-0.2, 0) is 0 Å². The standard InChI is InChI=1S/C13H19FN4/c14-11-7-16-8-12(15)13(11)18-6-5-17-4-2-1-3-10(17)9-18/h7-8,10H,1-6,9,15H2/t10-/m0/s1. The fraction of sp³-hybridized carbons (Fsp3) is 0.615. The van der Waals surface area contributed by atoms with Crippen molar-refractivity contribution < 1.29 is 4.39 Å². The van der Waals surface area contributed by atoms with Gasteiger partial charge >= 0.3 is 0 Å². The maximum Gasteiger partial charge on any atom is 0.166 e. The Bertz CT molecular complexity index is 417. The van der Waals surface area contributed by atoms with Gasteiger partial charge < -0.3 is 10.6 Å². The Hall–Kier alpha value is -1.36. The molecule has 1 aromatic rings. The Morgan fingerprint density at radius 3 is 2.94 bits per heavy atom. The average molecular weight is 250 g/mol. The summed E-state index contributed by atoms with van der Waals surface area (Å²) in [5.74, 6) is -0.306. The lowest BCUT2D eigenvalue weighted by molar-refractivity contribution is 0.133. The zero-order chi connectivity index (χ0) is 12.5. The second-order valence-corrected chi connectivity index (χ2v) is 5.19. The van der Waals surface area contributed by atoms with Crippen molar-refractivity contribution in [3.8, 4) is 0 Å². The Morgan fingerprint density at radius 1 is 1.22 bits per heavy atom. The highest BCUT2D eigenvalue weighted by Gasteiger charge is 2.30. The molecule has 0 aromatic carbocycles. The molecule has 2 aliphatic rings. The quantitative estimate of drug-likeness (QED) is 0.820. The van der Waals surface area contributed by atoms with Gasteiger partial charge in [-0.05, 0) is 19.4 Å². The molecule has 2 saturated heterocycles. The molecular weight excluding hydrogens is 231 g/mol. The van der Waals surface area contributed by atoms with Crippen LogP contribution >= 0.6 is 0 Å². The van der Waals surface area contributed by atoms with Crippen molar-refractivity contribution in [1.29, 1.82) is 0 Å². The average Bonchev–Trinajstić information content (AvgIpc) is 2.38. The van der Waals surface area contributed by atoms with Crippen LogP contribution in [0.2, 0.25) is 0 Å². The van der Waals surface area contributed by atoms with Crippen LogP contribution in [0.5, 0.6) is 0 Å². The van der Waals surface area contributed by atoms with Gasteiger partial charge in [-0.3, -0.25) is 9.88 Å². The molecule has 1 aromatic heterocycles. The van der Waals surface area contributed by atoms with Crippen molar-refractivity contribution in [3.05, 3.63) is 18.2 Å². The molecule has 0 saturated carbocycles. The molecule has 18 heavy (non-hydrogen) atoms. The van der Waals surface area contributed by atoms with E-state index in [0.29, 0.717) is 17.4 Å². The number of pyridine rings is 1. The fourth-order valence-corrected chi connectivity index (χ4v) is 3.14. The molecule has 3 rings (SSSR count). The van der Waals surface area contributed by atoms with Crippen molar-refractivity contribution in [1.82, 2.24) is 9.88 Å². The van der Waals surface area contributed by atoms with Crippen LogP contribution in [0, 0.1) is 5.82 Å². The summed E-state index contributed by atoms with van der Waals surface area (Å²) in [6, 6.07) is 0.555. The Morgan fingerprint density at radius 2 is 2.11 bits per heavy atom. The third-order valence-corrected chi connectivity index (χ3v) is 4.05. The number of halogens is 1. The maximum atomic E-state index is 13.9. The Balaban J connectivity index is 1.81. The van der Waals surface area contributed by atoms with Crippen molar-refractivity contribution in [2.45, 2.75) is 25.3 Å². The van der Waals surface area contributed by atoms with Crippen LogP contribution in [-0.4, -0.2) is 42.1 Å². The SMILES string of the molecule is Nc1cncc(F)c1N1CCN2CCCC[C@H]2C1. The zero-order valence-corrected chi connectivity index (χ0v) is 10.5. The number of piperidine rings is 1. The summed E-state index contributed by atoms with van der Waals surface area (Å²) < 4.78 is 13.9. The number of fused-ring (bicyclic) bond motifs is 1. The first-order chi connectivity index (χ1) is 8.75. The van der Waals surface area contributed by atoms with E-state index in [9.17, 15) is 4.39 Å². The molecule has 5 heteroatoms. The normalized spacial score (nSPS) is 24.9. The first-order valence-electron chi connectivity index (χ1n) is 6.63. The molecule has 0 radical (unpaired) electrons. The molecule has 0 spiro atoms. The van der Waals surface area contributed by atoms with Gasteiger partial charge in [-0.25, -0.2) is 4.39 Å². The topological polar surface area (TPSA) is 45.4 Å². The summed E-state index contributed by atoms with van der Waals surface area (Å²) in [6.45, 7) is 3.92. The number of rotatable bonds is 1. The number of nitrogens with zero attached hydrogens (tertiary/aromatic N) is 3. The maximum absolute atomic E-state index is 13.9. The van der Waals surface area contributed by atoms with Crippen molar-refractivity contribution in [2.75, 3.05) is 36.8 Å². The first-order valence-corrected chi connectivity index (χ1v) is 6.63. The predicted octanol–water partition coefficient (Wildman–Crippen LogP) is 1.48. The minimum absolute atomic E-state index is 0.306. The van der Waals surface area contributed by atoms with E-state index >= 15 is 0 Å². The van der Waals surface area contributed by atoms with Crippen LogP contribution in [0.25, 0.3) is 0 Å². The lowest BCUT2D eigenvalue weighted by Gasteiger charge is -2.45. The van der Waals surface area contributed by atoms with Crippen LogP contribution in [0.3, 0.4) is 0 Å².